The summed E-state index contributed by atoms with van der Waals surface area (Å²) in [7, 11) is 0. The third-order valence-corrected chi connectivity index (χ3v) is 5.16. The van der Waals surface area contributed by atoms with Gasteiger partial charge < -0.3 is 5.11 Å². The molecule has 2 aromatic heterocycles. The molecule has 2 aromatic rings. The number of aromatic nitrogens is 2. The lowest BCUT2D eigenvalue weighted by atomic mass is 10.4. The van der Waals surface area contributed by atoms with Crippen LogP contribution in [0.5, 0.6) is 0 Å². The molecule has 0 saturated carbocycles. The lowest BCUT2D eigenvalue weighted by molar-refractivity contribution is 0.350. The largest absolute Gasteiger partial charge is 0.384 e. The lowest BCUT2D eigenvalue weighted by Crippen LogP contribution is -1.81. The first-order valence-electron chi connectivity index (χ1n) is 5.45. The Hall–Kier alpha value is -0.870. The van der Waals surface area contributed by atoms with Crippen molar-refractivity contribution in [3.05, 3.63) is 27.7 Å². The number of hydrogen-bond acceptors (Lipinski definition) is 6. The van der Waals surface area contributed by atoms with Crippen molar-refractivity contribution >= 4 is 34.6 Å². The van der Waals surface area contributed by atoms with E-state index in [2.05, 4.69) is 34.2 Å². The molecule has 0 bridgehead atoms. The highest BCUT2D eigenvalue weighted by Crippen LogP contribution is 2.27. The van der Waals surface area contributed by atoms with Crippen LogP contribution in [0.25, 0.3) is 0 Å². The number of thiophene rings is 1. The molecular weight excluding hydrogens is 284 g/mol. The Morgan fingerprint density at radius 2 is 2.33 bits per heavy atom. The minimum absolute atomic E-state index is 0.0907. The third-order valence-electron chi connectivity index (χ3n) is 2.06. The Labute approximate surface area is 118 Å². The van der Waals surface area contributed by atoms with E-state index < -0.39 is 0 Å². The standard InChI is InChI=1S/C12H12N2OS3/c1-2-11-13-12(18-14-11)16-8-10-6-5-9(17-10)4-3-7-15/h5-6,15H,2,7-8H2,1H3. The summed E-state index contributed by atoms with van der Waals surface area (Å²) in [5.41, 5.74) is 0. The van der Waals surface area contributed by atoms with E-state index in [4.69, 9.17) is 5.11 Å². The van der Waals surface area contributed by atoms with Crippen molar-refractivity contribution in [3.8, 4) is 11.8 Å². The highest BCUT2D eigenvalue weighted by molar-refractivity contribution is 8.00. The fourth-order valence-corrected chi connectivity index (χ4v) is 3.84. The summed E-state index contributed by atoms with van der Waals surface area (Å²) in [6.07, 6.45) is 0.886. The maximum atomic E-state index is 8.63. The molecule has 0 aliphatic carbocycles. The van der Waals surface area contributed by atoms with E-state index in [0.29, 0.717) is 0 Å². The van der Waals surface area contributed by atoms with Gasteiger partial charge in [0.25, 0.3) is 0 Å². The normalized spacial score (nSPS) is 10.1. The zero-order chi connectivity index (χ0) is 12.8. The Bertz CT molecular complexity index is 565. The van der Waals surface area contributed by atoms with Crippen LogP contribution < -0.4 is 0 Å². The fraction of sp³-hybridized carbons (Fsp3) is 0.333. The number of hydrogen-bond donors (Lipinski definition) is 1. The molecule has 6 heteroatoms. The number of aliphatic hydroxyl groups excluding tert-OH is 1. The first-order chi connectivity index (χ1) is 8.81. The summed E-state index contributed by atoms with van der Waals surface area (Å²) in [5, 5.41) is 8.63. The van der Waals surface area contributed by atoms with Gasteiger partial charge in [-0.15, -0.1) is 11.3 Å². The summed E-state index contributed by atoms with van der Waals surface area (Å²) in [4.78, 5) is 6.67. The molecule has 18 heavy (non-hydrogen) atoms. The van der Waals surface area contributed by atoms with Gasteiger partial charge in [-0.2, -0.15) is 4.37 Å². The molecule has 0 fully saturated rings. The predicted octanol–water partition coefficient (Wildman–Crippen LogP) is 2.80. The second-order valence-electron chi connectivity index (χ2n) is 3.34. The molecule has 3 nitrogen and oxygen atoms in total. The van der Waals surface area contributed by atoms with Crippen molar-refractivity contribution in [3.63, 3.8) is 0 Å². The smallest absolute Gasteiger partial charge is 0.170 e. The lowest BCUT2D eigenvalue weighted by Gasteiger charge is -1.92. The van der Waals surface area contributed by atoms with Gasteiger partial charge >= 0.3 is 0 Å². The Balaban J connectivity index is 1.91. The monoisotopic (exact) mass is 296 g/mol. The average Bonchev–Trinajstić information content (AvgIpc) is 3.03. The first kappa shape index (κ1) is 13.6. The van der Waals surface area contributed by atoms with E-state index in [9.17, 15) is 0 Å². The summed E-state index contributed by atoms with van der Waals surface area (Å²) < 4.78 is 5.27. The van der Waals surface area contributed by atoms with E-state index in [-0.39, 0.29) is 6.61 Å². The van der Waals surface area contributed by atoms with Gasteiger partial charge in [-0.25, -0.2) is 4.98 Å². The molecule has 0 atom stereocenters. The van der Waals surface area contributed by atoms with Gasteiger partial charge in [-0.3, -0.25) is 0 Å². The molecule has 0 radical (unpaired) electrons. The number of rotatable bonds is 4. The van der Waals surface area contributed by atoms with Gasteiger partial charge in [-0.05, 0) is 23.7 Å². The number of thioether (sulfide) groups is 1. The minimum Gasteiger partial charge on any atom is -0.384 e. The highest BCUT2D eigenvalue weighted by Gasteiger charge is 2.04. The van der Waals surface area contributed by atoms with Crippen LogP contribution >= 0.6 is 34.6 Å². The Morgan fingerprint density at radius 1 is 1.44 bits per heavy atom. The molecule has 0 unspecified atom stereocenters. The molecule has 0 amide bonds. The predicted molar refractivity (Wildman–Crippen MR) is 77.1 cm³/mol. The minimum atomic E-state index is -0.0907. The Kier molecular flexibility index (Phi) is 5.20. The summed E-state index contributed by atoms with van der Waals surface area (Å²) in [5.74, 6) is 7.37. The number of aliphatic hydroxyl groups is 1. The van der Waals surface area contributed by atoms with Crippen LogP contribution in [-0.2, 0) is 12.2 Å². The van der Waals surface area contributed by atoms with Crippen LogP contribution in [0.2, 0.25) is 0 Å². The fourth-order valence-electron chi connectivity index (χ4n) is 1.22. The van der Waals surface area contributed by atoms with Gasteiger partial charge in [0.05, 0.1) is 4.88 Å². The second-order valence-corrected chi connectivity index (χ2v) is 6.49. The van der Waals surface area contributed by atoms with Crippen LogP contribution in [0.4, 0.5) is 0 Å². The molecule has 1 N–H and O–H groups in total. The van der Waals surface area contributed by atoms with Crippen molar-refractivity contribution in [1.29, 1.82) is 0 Å². The molecule has 0 aliphatic heterocycles. The van der Waals surface area contributed by atoms with Crippen LogP contribution in [0.3, 0.4) is 0 Å². The summed E-state index contributed by atoms with van der Waals surface area (Å²) in [6.45, 7) is 1.97. The summed E-state index contributed by atoms with van der Waals surface area (Å²) in [6, 6.07) is 4.06. The molecule has 2 heterocycles. The van der Waals surface area contributed by atoms with Crippen molar-refractivity contribution in [2.75, 3.05) is 6.61 Å². The van der Waals surface area contributed by atoms with Crippen molar-refractivity contribution in [2.24, 2.45) is 0 Å². The Morgan fingerprint density at radius 3 is 3.06 bits per heavy atom. The van der Waals surface area contributed by atoms with E-state index in [0.717, 1.165) is 27.2 Å². The van der Waals surface area contributed by atoms with Gasteiger partial charge in [0.2, 0.25) is 0 Å². The van der Waals surface area contributed by atoms with Crippen molar-refractivity contribution < 1.29 is 5.11 Å². The van der Waals surface area contributed by atoms with Crippen LogP contribution in [0, 0.1) is 11.8 Å². The molecule has 0 saturated heterocycles. The van der Waals surface area contributed by atoms with Gasteiger partial charge in [0.1, 0.15) is 12.4 Å². The van der Waals surface area contributed by atoms with E-state index in [1.807, 2.05) is 6.07 Å². The molecule has 0 spiro atoms. The number of aryl methyl sites for hydroxylation is 1. The van der Waals surface area contributed by atoms with Gasteiger partial charge in [0, 0.05) is 17.1 Å². The quantitative estimate of drug-likeness (QED) is 0.696. The molecule has 0 aliphatic rings. The maximum absolute atomic E-state index is 8.63. The SMILES string of the molecule is CCc1nsc(SCc2ccc(C#CCO)s2)n1. The van der Waals surface area contributed by atoms with E-state index in [1.54, 1.807) is 23.1 Å². The van der Waals surface area contributed by atoms with Crippen molar-refractivity contribution in [1.82, 2.24) is 9.36 Å². The zero-order valence-corrected chi connectivity index (χ0v) is 12.3. The third kappa shape index (κ3) is 3.82. The number of nitrogens with zero attached hydrogens (tertiary/aromatic N) is 2. The summed E-state index contributed by atoms with van der Waals surface area (Å²) >= 11 is 4.82. The average molecular weight is 296 g/mol. The van der Waals surface area contributed by atoms with Crippen molar-refractivity contribution in [2.45, 2.75) is 23.4 Å². The maximum Gasteiger partial charge on any atom is 0.170 e. The molecule has 94 valence electrons. The second kappa shape index (κ2) is 6.90. The van der Waals surface area contributed by atoms with Crippen LogP contribution in [0.15, 0.2) is 16.5 Å². The van der Waals surface area contributed by atoms with Gasteiger partial charge in [0.15, 0.2) is 4.34 Å². The van der Waals surface area contributed by atoms with Crippen LogP contribution in [0.1, 0.15) is 22.5 Å². The van der Waals surface area contributed by atoms with E-state index in [1.165, 1.54) is 16.4 Å². The topological polar surface area (TPSA) is 46.0 Å². The molecule has 0 aromatic carbocycles. The molecule has 2 rings (SSSR count). The first-order valence-corrected chi connectivity index (χ1v) is 8.03. The van der Waals surface area contributed by atoms with Crippen LogP contribution in [-0.4, -0.2) is 21.1 Å². The molecular formula is C12H12N2OS3. The zero-order valence-electron chi connectivity index (χ0n) is 9.84. The van der Waals surface area contributed by atoms with E-state index >= 15 is 0 Å². The van der Waals surface area contributed by atoms with Gasteiger partial charge in [-0.1, -0.05) is 30.5 Å². The highest BCUT2D eigenvalue weighted by atomic mass is 32.2.